The van der Waals surface area contributed by atoms with Crippen molar-refractivity contribution in [2.45, 2.75) is 13.1 Å². The SMILES string of the molecule is NCc1cc(Oc2cccc(C(=O)NCc3ccccc3)c2)ncn1. The zero-order valence-corrected chi connectivity index (χ0v) is 13.6. The van der Waals surface area contributed by atoms with Gasteiger partial charge in [0.25, 0.3) is 5.91 Å². The van der Waals surface area contributed by atoms with Crippen LogP contribution in [-0.2, 0) is 13.1 Å². The number of hydrogen-bond acceptors (Lipinski definition) is 5. The van der Waals surface area contributed by atoms with E-state index in [1.54, 1.807) is 30.3 Å². The number of hydrogen-bond donors (Lipinski definition) is 2. The maximum Gasteiger partial charge on any atom is 0.251 e. The predicted molar refractivity (Wildman–Crippen MR) is 94.1 cm³/mol. The molecular formula is C19H18N4O2. The number of benzene rings is 2. The first kappa shape index (κ1) is 16.6. The highest BCUT2D eigenvalue weighted by atomic mass is 16.5. The number of aromatic nitrogens is 2. The standard InChI is InChI=1S/C19H18N4O2/c20-11-16-10-18(23-13-22-16)25-17-8-4-7-15(9-17)19(24)21-12-14-5-2-1-3-6-14/h1-10,13H,11-12,20H2,(H,21,24). The van der Waals surface area contributed by atoms with Crippen molar-refractivity contribution >= 4 is 5.91 Å². The molecule has 0 aliphatic carbocycles. The quantitative estimate of drug-likeness (QED) is 0.723. The van der Waals surface area contributed by atoms with Gasteiger partial charge in [-0.2, -0.15) is 0 Å². The van der Waals surface area contributed by atoms with Crippen molar-refractivity contribution in [3.8, 4) is 11.6 Å². The van der Waals surface area contributed by atoms with Gasteiger partial charge in [0, 0.05) is 24.7 Å². The smallest absolute Gasteiger partial charge is 0.251 e. The third-order valence-electron chi connectivity index (χ3n) is 3.52. The first-order chi connectivity index (χ1) is 12.2. The van der Waals surface area contributed by atoms with Crippen LogP contribution in [0.4, 0.5) is 0 Å². The molecule has 0 saturated heterocycles. The lowest BCUT2D eigenvalue weighted by Gasteiger charge is -2.08. The first-order valence-electron chi connectivity index (χ1n) is 7.85. The Morgan fingerprint density at radius 2 is 1.88 bits per heavy atom. The molecule has 3 aromatic rings. The molecule has 2 aromatic carbocycles. The number of carbonyl (C=O) groups is 1. The minimum absolute atomic E-state index is 0.167. The van der Waals surface area contributed by atoms with Gasteiger partial charge in [0.05, 0.1) is 5.69 Å². The van der Waals surface area contributed by atoms with Gasteiger partial charge in [-0.05, 0) is 23.8 Å². The van der Waals surface area contributed by atoms with Crippen molar-refractivity contribution in [1.29, 1.82) is 0 Å². The third-order valence-corrected chi connectivity index (χ3v) is 3.52. The van der Waals surface area contributed by atoms with E-state index >= 15 is 0 Å². The normalized spacial score (nSPS) is 10.3. The largest absolute Gasteiger partial charge is 0.439 e. The van der Waals surface area contributed by atoms with Gasteiger partial charge in [0.2, 0.25) is 5.88 Å². The fourth-order valence-corrected chi connectivity index (χ4v) is 2.25. The Balaban J connectivity index is 1.67. The van der Waals surface area contributed by atoms with Crippen molar-refractivity contribution in [3.05, 3.63) is 83.8 Å². The molecule has 0 aliphatic rings. The van der Waals surface area contributed by atoms with Crippen molar-refractivity contribution in [2.75, 3.05) is 0 Å². The Kier molecular flexibility index (Phi) is 5.33. The van der Waals surface area contributed by atoms with Crippen molar-refractivity contribution in [1.82, 2.24) is 15.3 Å². The van der Waals surface area contributed by atoms with Gasteiger partial charge in [0.1, 0.15) is 12.1 Å². The van der Waals surface area contributed by atoms with Crippen LogP contribution in [0, 0.1) is 0 Å². The molecular weight excluding hydrogens is 316 g/mol. The van der Waals surface area contributed by atoms with E-state index in [2.05, 4.69) is 15.3 Å². The summed E-state index contributed by atoms with van der Waals surface area (Å²) in [7, 11) is 0. The maximum absolute atomic E-state index is 12.3. The van der Waals surface area contributed by atoms with Crippen LogP contribution in [0.25, 0.3) is 0 Å². The maximum atomic E-state index is 12.3. The molecule has 0 bridgehead atoms. The van der Waals surface area contributed by atoms with E-state index < -0.39 is 0 Å². The Labute approximate surface area is 145 Å². The highest BCUT2D eigenvalue weighted by molar-refractivity contribution is 5.94. The second-order valence-corrected chi connectivity index (χ2v) is 5.35. The van der Waals surface area contributed by atoms with Crippen LogP contribution in [0.2, 0.25) is 0 Å². The monoisotopic (exact) mass is 334 g/mol. The van der Waals surface area contributed by atoms with E-state index in [1.165, 1.54) is 6.33 Å². The fourth-order valence-electron chi connectivity index (χ4n) is 2.25. The first-order valence-corrected chi connectivity index (χ1v) is 7.85. The van der Waals surface area contributed by atoms with Gasteiger partial charge >= 0.3 is 0 Å². The summed E-state index contributed by atoms with van der Waals surface area (Å²) in [5.41, 5.74) is 7.80. The van der Waals surface area contributed by atoms with E-state index in [9.17, 15) is 4.79 Å². The van der Waals surface area contributed by atoms with Crippen molar-refractivity contribution < 1.29 is 9.53 Å². The average Bonchev–Trinajstić information content (AvgIpc) is 2.67. The van der Waals surface area contributed by atoms with Gasteiger partial charge in [-0.15, -0.1) is 0 Å². The van der Waals surface area contributed by atoms with Crippen LogP contribution in [-0.4, -0.2) is 15.9 Å². The molecule has 0 unspecified atom stereocenters. The zero-order valence-electron chi connectivity index (χ0n) is 13.6. The van der Waals surface area contributed by atoms with Crippen LogP contribution in [0.5, 0.6) is 11.6 Å². The number of amides is 1. The molecule has 1 aromatic heterocycles. The van der Waals surface area contributed by atoms with Crippen LogP contribution >= 0.6 is 0 Å². The Bertz CT molecular complexity index is 853. The number of carbonyl (C=O) groups excluding carboxylic acids is 1. The Morgan fingerprint density at radius 3 is 2.68 bits per heavy atom. The molecule has 1 heterocycles. The van der Waals surface area contributed by atoms with Crippen LogP contribution in [0.3, 0.4) is 0 Å². The molecule has 0 atom stereocenters. The molecule has 25 heavy (non-hydrogen) atoms. The van der Waals surface area contributed by atoms with E-state index in [0.717, 1.165) is 5.56 Å². The highest BCUT2D eigenvalue weighted by Crippen LogP contribution is 2.20. The summed E-state index contributed by atoms with van der Waals surface area (Å²) < 4.78 is 5.69. The molecule has 6 nitrogen and oxygen atoms in total. The zero-order chi connectivity index (χ0) is 17.5. The molecule has 1 amide bonds. The lowest BCUT2D eigenvalue weighted by Crippen LogP contribution is -2.22. The molecule has 0 radical (unpaired) electrons. The van der Waals surface area contributed by atoms with Gasteiger partial charge in [-0.3, -0.25) is 4.79 Å². The molecule has 3 rings (SSSR count). The fraction of sp³-hybridized carbons (Fsp3) is 0.105. The number of nitrogens with zero attached hydrogens (tertiary/aromatic N) is 2. The molecule has 0 aliphatic heterocycles. The van der Waals surface area contributed by atoms with Crippen LogP contribution in [0.1, 0.15) is 21.6 Å². The number of ether oxygens (including phenoxy) is 1. The molecule has 3 N–H and O–H groups in total. The Hall–Kier alpha value is -3.25. The van der Waals surface area contributed by atoms with Gasteiger partial charge < -0.3 is 15.8 Å². The summed E-state index contributed by atoms with van der Waals surface area (Å²) >= 11 is 0. The average molecular weight is 334 g/mol. The highest BCUT2D eigenvalue weighted by Gasteiger charge is 2.08. The molecule has 0 saturated carbocycles. The Morgan fingerprint density at radius 1 is 1.04 bits per heavy atom. The summed E-state index contributed by atoms with van der Waals surface area (Å²) in [4.78, 5) is 20.4. The van der Waals surface area contributed by atoms with Gasteiger partial charge in [-0.25, -0.2) is 9.97 Å². The van der Waals surface area contributed by atoms with Crippen LogP contribution in [0.15, 0.2) is 67.0 Å². The van der Waals surface area contributed by atoms with Gasteiger partial charge in [0.15, 0.2) is 0 Å². The lowest BCUT2D eigenvalue weighted by molar-refractivity contribution is 0.0950. The van der Waals surface area contributed by atoms with Crippen LogP contribution < -0.4 is 15.8 Å². The number of nitrogens with one attached hydrogen (secondary N) is 1. The number of rotatable bonds is 6. The van der Waals surface area contributed by atoms with Crippen molar-refractivity contribution in [2.24, 2.45) is 5.73 Å². The molecule has 0 spiro atoms. The van der Waals surface area contributed by atoms with Crippen molar-refractivity contribution in [3.63, 3.8) is 0 Å². The summed E-state index contributed by atoms with van der Waals surface area (Å²) in [6.07, 6.45) is 1.40. The van der Waals surface area contributed by atoms with E-state index in [-0.39, 0.29) is 5.91 Å². The van der Waals surface area contributed by atoms with E-state index in [0.29, 0.717) is 36.0 Å². The summed E-state index contributed by atoms with van der Waals surface area (Å²) in [6.45, 7) is 0.775. The van der Waals surface area contributed by atoms with E-state index in [1.807, 2.05) is 30.3 Å². The topological polar surface area (TPSA) is 90.1 Å². The summed E-state index contributed by atoms with van der Waals surface area (Å²) in [5.74, 6) is 0.742. The minimum Gasteiger partial charge on any atom is -0.439 e. The minimum atomic E-state index is -0.167. The molecule has 6 heteroatoms. The third kappa shape index (κ3) is 4.62. The summed E-state index contributed by atoms with van der Waals surface area (Å²) in [6, 6.07) is 18.3. The second-order valence-electron chi connectivity index (χ2n) is 5.35. The molecule has 0 fully saturated rings. The summed E-state index contributed by atoms with van der Waals surface area (Å²) in [5, 5.41) is 2.89. The lowest BCUT2D eigenvalue weighted by atomic mass is 10.2. The molecule has 126 valence electrons. The predicted octanol–water partition coefficient (Wildman–Crippen LogP) is 2.66. The number of nitrogens with two attached hydrogens (primary N) is 1. The second kappa shape index (κ2) is 8.03. The van der Waals surface area contributed by atoms with E-state index in [4.69, 9.17) is 10.5 Å². The van der Waals surface area contributed by atoms with Gasteiger partial charge in [-0.1, -0.05) is 36.4 Å².